The van der Waals surface area contributed by atoms with Crippen LogP contribution in [0.4, 0.5) is 0 Å². The van der Waals surface area contributed by atoms with Crippen molar-refractivity contribution >= 4 is 0 Å². The lowest BCUT2D eigenvalue weighted by Crippen LogP contribution is -2.19. The summed E-state index contributed by atoms with van der Waals surface area (Å²) < 4.78 is 10.3. The van der Waals surface area contributed by atoms with Gasteiger partial charge in [-0.25, -0.2) is 0 Å². The van der Waals surface area contributed by atoms with E-state index in [4.69, 9.17) is 9.26 Å². The number of hydrogen-bond acceptors (Lipinski definition) is 5. The fourth-order valence-corrected chi connectivity index (χ4v) is 2.41. The summed E-state index contributed by atoms with van der Waals surface area (Å²) in [6.45, 7) is 2.04. The van der Waals surface area contributed by atoms with Crippen LogP contribution in [0.1, 0.15) is 30.1 Å². The molecule has 0 saturated heterocycles. The van der Waals surface area contributed by atoms with Gasteiger partial charge in [-0.15, -0.1) is 0 Å². The average Bonchev–Trinajstić information content (AvgIpc) is 3.18. The number of nitrogens with one attached hydrogen (secondary N) is 1. The van der Waals surface area contributed by atoms with Crippen LogP contribution < -0.4 is 5.32 Å². The lowest BCUT2D eigenvalue weighted by Gasteiger charge is -2.10. The molecule has 5 heteroatoms. The molecule has 0 atom stereocenters. The first-order chi connectivity index (χ1) is 9.85. The van der Waals surface area contributed by atoms with E-state index in [-0.39, 0.29) is 5.41 Å². The van der Waals surface area contributed by atoms with Gasteiger partial charge >= 0.3 is 0 Å². The first-order valence-corrected chi connectivity index (χ1v) is 6.93. The highest BCUT2D eigenvalue weighted by Crippen LogP contribution is 2.52. The van der Waals surface area contributed by atoms with Crippen LogP contribution in [0.15, 0.2) is 34.9 Å². The second-order valence-electron chi connectivity index (χ2n) is 5.13. The van der Waals surface area contributed by atoms with E-state index in [1.165, 1.54) is 5.56 Å². The largest absolute Gasteiger partial charge is 0.383 e. The molecule has 0 bridgehead atoms. The number of rotatable bonds is 7. The van der Waals surface area contributed by atoms with Crippen LogP contribution in [0.3, 0.4) is 0 Å². The van der Waals surface area contributed by atoms with Crippen LogP contribution in [-0.4, -0.2) is 30.4 Å². The van der Waals surface area contributed by atoms with Crippen LogP contribution in [0, 0.1) is 0 Å². The van der Waals surface area contributed by atoms with Gasteiger partial charge in [-0.1, -0.05) is 35.5 Å². The smallest absolute Gasteiger partial charge is 0.240 e. The Balaban J connectivity index is 1.68. The average molecular weight is 273 g/mol. The molecule has 1 aliphatic rings. The highest BCUT2D eigenvalue weighted by Gasteiger charge is 2.49. The van der Waals surface area contributed by atoms with E-state index in [1.54, 1.807) is 7.11 Å². The van der Waals surface area contributed by atoms with Crippen molar-refractivity contribution in [2.45, 2.75) is 24.8 Å². The molecule has 5 nitrogen and oxygen atoms in total. The van der Waals surface area contributed by atoms with E-state index in [1.807, 2.05) is 6.07 Å². The van der Waals surface area contributed by atoms with E-state index < -0.39 is 0 Å². The van der Waals surface area contributed by atoms with Gasteiger partial charge < -0.3 is 14.6 Å². The van der Waals surface area contributed by atoms with Crippen LogP contribution in [0.25, 0.3) is 0 Å². The Morgan fingerprint density at radius 3 is 2.80 bits per heavy atom. The minimum Gasteiger partial charge on any atom is -0.383 e. The zero-order valence-corrected chi connectivity index (χ0v) is 11.6. The molecule has 0 radical (unpaired) electrons. The first-order valence-electron chi connectivity index (χ1n) is 6.93. The number of benzene rings is 1. The molecule has 2 aromatic rings. The van der Waals surface area contributed by atoms with E-state index in [0.717, 1.165) is 25.2 Å². The van der Waals surface area contributed by atoms with E-state index in [9.17, 15) is 0 Å². The molecule has 20 heavy (non-hydrogen) atoms. The predicted octanol–water partition coefficient (Wildman–Crippen LogP) is 1.89. The normalized spacial score (nSPS) is 16.2. The molecular weight excluding hydrogens is 254 g/mol. The quantitative estimate of drug-likeness (QED) is 0.781. The van der Waals surface area contributed by atoms with Crippen LogP contribution in [-0.2, 0) is 16.7 Å². The second kappa shape index (κ2) is 5.73. The Labute approximate surface area is 118 Å². The molecule has 0 amide bonds. The number of methoxy groups -OCH3 is 1. The number of nitrogens with zero attached hydrogens (tertiary/aromatic N) is 2. The van der Waals surface area contributed by atoms with Gasteiger partial charge in [0.05, 0.1) is 18.6 Å². The summed E-state index contributed by atoms with van der Waals surface area (Å²) in [6.07, 6.45) is 2.18. The molecule has 0 spiro atoms. The molecule has 106 valence electrons. The lowest BCUT2D eigenvalue weighted by molar-refractivity contribution is 0.197. The zero-order chi connectivity index (χ0) is 13.8. The van der Waals surface area contributed by atoms with Crippen LogP contribution in [0.2, 0.25) is 0 Å². The fourth-order valence-electron chi connectivity index (χ4n) is 2.41. The molecule has 0 aliphatic heterocycles. The van der Waals surface area contributed by atoms with E-state index in [0.29, 0.717) is 19.0 Å². The van der Waals surface area contributed by atoms with Crippen LogP contribution in [0.5, 0.6) is 0 Å². The monoisotopic (exact) mass is 273 g/mol. The number of aromatic nitrogens is 2. The molecule has 1 N–H and O–H groups in total. The lowest BCUT2D eigenvalue weighted by atomic mass is 9.95. The van der Waals surface area contributed by atoms with Crippen molar-refractivity contribution in [3.63, 3.8) is 0 Å². The van der Waals surface area contributed by atoms with E-state index >= 15 is 0 Å². The minimum absolute atomic E-state index is 0.0183. The predicted molar refractivity (Wildman–Crippen MR) is 74.3 cm³/mol. The highest BCUT2D eigenvalue weighted by atomic mass is 16.5. The van der Waals surface area contributed by atoms with Crippen molar-refractivity contribution in [3.05, 3.63) is 47.6 Å². The van der Waals surface area contributed by atoms with Gasteiger partial charge in [0.1, 0.15) is 0 Å². The standard InChI is InChI=1S/C15H19N3O2/c1-19-10-9-16-11-13-17-14(18-20-13)15(7-8-15)12-5-3-2-4-6-12/h2-6,16H,7-11H2,1H3. The van der Waals surface area contributed by atoms with Crippen molar-refractivity contribution in [2.75, 3.05) is 20.3 Å². The molecule has 0 unspecified atom stereocenters. The third-order valence-corrected chi connectivity index (χ3v) is 3.73. The van der Waals surface area contributed by atoms with E-state index in [2.05, 4.69) is 39.7 Å². The van der Waals surface area contributed by atoms with Crippen molar-refractivity contribution in [1.29, 1.82) is 0 Å². The Morgan fingerprint density at radius 1 is 1.30 bits per heavy atom. The summed E-state index contributed by atoms with van der Waals surface area (Å²) in [5, 5.41) is 7.37. The van der Waals surface area contributed by atoms with Crippen LogP contribution >= 0.6 is 0 Å². The first kappa shape index (κ1) is 13.3. The molecule has 1 aromatic carbocycles. The van der Waals surface area contributed by atoms with Gasteiger partial charge in [-0.05, 0) is 18.4 Å². The number of ether oxygens (including phenoxy) is 1. The maximum Gasteiger partial charge on any atom is 0.240 e. The van der Waals surface area contributed by atoms with Gasteiger partial charge in [0.15, 0.2) is 5.82 Å². The second-order valence-corrected chi connectivity index (χ2v) is 5.13. The third kappa shape index (κ3) is 2.59. The molecule has 1 aromatic heterocycles. The highest BCUT2D eigenvalue weighted by molar-refractivity contribution is 5.38. The summed E-state index contributed by atoms with van der Waals surface area (Å²) in [7, 11) is 1.68. The molecule has 1 heterocycles. The Bertz CT molecular complexity index is 549. The Morgan fingerprint density at radius 2 is 2.10 bits per heavy atom. The summed E-state index contributed by atoms with van der Waals surface area (Å²) in [5.74, 6) is 1.45. The van der Waals surface area contributed by atoms with Gasteiger partial charge in [-0.3, -0.25) is 0 Å². The Hall–Kier alpha value is -1.72. The van der Waals surface area contributed by atoms with Crippen molar-refractivity contribution in [2.24, 2.45) is 0 Å². The zero-order valence-electron chi connectivity index (χ0n) is 11.6. The molecule has 1 fully saturated rings. The SMILES string of the molecule is COCCNCc1nc(C2(c3ccccc3)CC2)no1. The topological polar surface area (TPSA) is 60.2 Å². The Kier molecular flexibility index (Phi) is 3.80. The maximum atomic E-state index is 5.33. The number of hydrogen-bond donors (Lipinski definition) is 1. The minimum atomic E-state index is -0.0183. The molecule has 1 aliphatic carbocycles. The molecular formula is C15H19N3O2. The molecule has 1 saturated carbocycles. The third-order valence-electron chi connectivity index (χ3n) is 3.73. The fraction of sp³-hybridized carbons (Fsp3) is 0.467. The van der Waals surface area contributed by atoms with Crippen molar-refractivity contribution in [1.82, 2.24) is 15.5 Å². The maximum absolute atomic E-state index is 5.33. The summed E-state index contributed by atoms with van der Waals surface area (Å²) in [6, 6.07) is 10.4. The van der Waals surface area contributed by atoms with Crippen molar-refractivity contribution < 1.29 is 9.26 Å². The van der Waals surface area contributed by atoms with Gasteiger partial charge in [-0.2, -0.15) is 4.98 Å². The summed E-state index contributed by atoms with van der Waals surface area (Å²) in [4.78, 5) is 4.54. The van der Waals surface area contributed by atoms with Gasteiger partial charge in [0, 0.05) is 13.7 Å². The van der Waals surface area contributed by atoms with Gasteiger partial charge in [0.2, 0.25) is 5.89 Å². The summed E-state index contributed by atoms with van der Waals surface area (Å²) in [5.41, 5.74) is 1.26. The van der Waals surface area contributed by atoms with Crippen molar-refractivity contribution in [3.8, 4) is 0 Å². The summed E-state index contributed by atoms with van der Waals surface area (Å²) >= 11 is 0. The molecule has 3 rings (SSSR count). The van der Waals surface area contributed by atoms with Gasteiger partial charge in [0.25, 0.3) is 0 Å².